The number of urea groups is 1. The predicted octanol–water partition coefficient (Wildman–Crippen LogP) is 1.60. The second-order valence-corrected chi connectivity index (χ2v) is 4.95. The van der Waals surface area contributed by atoms with Gasteiger partial charge in [0, 0.05) is 25.7 Å². The summed E-state index contributed by atoms with van der Waals surface area (Å²) in [5.74, 6) is 0.686. The molecule has 2 fully saturated rings. The van der Waals surface area contributed by atoms with Crippen molar-refractivity contribution in [1.82, 2.24) is 15.5 Å². The minimum atomic E-state index is 0. The van der Waals surface area contributed by atoms with Gasteiger partial charge in [-0.1, -0.05) is 13.3 Å². The van der Waals surface area contributed by atoms with E-state index in [4.69, 9.17) is 0 Å². The number of unbranched alkanes of at least 4 members (excludes halogenated alkanes) is 1. The molecule has 0 aromatic carbocycles. The van der Waals surface area contributed by atoms with Crippen molar-refractivity contribution in [3.05, 3.63) is 0 Å². The van der Waals surface area contributed by atoms with Gasteiger partial charge in [-0.2, -0.15) is 0 Å². The van der Waals surface area contributed by atoms with E-state index in [0.717, 1.165) is 39.0 Å². The first-order valence-electron chi connectivity index (χ1n) is 6.57. The lowest BCUT2D eigenvalue weighted by Gasteiger charge is -2.24. The van der Waals surface area contributed by atoms with Gasteiger partial charge in [-0.3, -0.25) is 0 Å². The number of carbonyl (C=O) groups excluding carboxylic acids is 1. The molecule has 0 aromatic heterocycles. The molecule has 0 spiro atoms. The Labute approximate surface area is 110 Å². The average molecular weight is 262 g/mol. The van der Waals surface area contributed by atoms with Gasteiger partial charge in [0.1, 0.15) is 0 Å². The summed E-state index contributed by atoms with van der Waals surface area (Å²) in [6, 6.07) is 0.676. The molecule has 100 valence electrons. The zero-order chi connectivity index (χ0) is 11.4. The largest absolute Gasteiger partial charge is 0.338 e. The Morgan fingerprint density at radius 2 is 2.29 bits per heavy atom. The van der Waals surface area contributed by atoms with Crippen molar-refractivity contribution in [2.24, 2.45) is 5.92 Å². The van der Waals surface area contributed by atoms with E-state index in [9.17, 15) is 4.79 Å². The Bertz CT molecular complexity index is 236. The molecule has 2 atom stereocenters. The molecule has 0 saturated carbocycles. The maximum atomic E-state index is 11.9. The number of nitrogens with one attached hydrogen (secondary N) is 2. The van der Waals surface area contributed by atoms with Crippen molar-refractivity contribution in [2.45, 2.75) is 38.6 Å². The number of amides is 2. The van der Waals surface area contributed by atoms with E-state index in [1.54, 1.807) is 0 Å². The Hall–Kier alpha value is -0.480. The zero-order valence-electron chi connectivity index (χ0n) is 10.6. The van der Waals surface area contributed by atoms with Gasteiger partial charge in [0.05, 0.1) is 0 Å². The number of rotatable bonds is 3. The van der Waals surface area contributed by atoms with Gasteiger partial charge >= 0.3 is 6.03 Å². The standard InChI is InChI=1S/C12H23N3O.ClH/c1-2-3-6-14-12(16)15-8-10-5-4-7-13-11(10)9-15;/h10-11,13H,2-9H2,1H3,(H,14,16);1H/t10-,11+;/m0./s1. The van der Waals surface area contributed by atoms with Crippen molar-refractivity contribution in [2.75, 3.05) is 26.2 Å². The van der Waals surface area contributed by atoms with Crippen molar-refractivity contribution in [3.8, 4) is 0 Å². The first-order chi connectivity index (χ1) is 7.81. The Kier molecular flexibility index (Phi) is 6.06. The van der Waals surface area contributed by atoms with E-state index in [1.165, 1.54) is 12.8 Å². The number of nitrogens with zero attached hydrogens (tertiary/aromatic N) is 1. The van der Waals surface area contributed by atoms with Gasteiger partial charge in [0.15, 0.2) is 0 Å². The monoisotopic (exact) mass is 261 g/mol. The molecular formula is C12H24ClN3O. The molecule has 2 heterocycles. The van der Waals surface area contributed by atoms with Crippen LogP contribution in [0.4, 0.5) is 4.79 Å². The normalized spacial score (nSPS) is 27.2. The van der Waals surface area contributed by atoms with E-state index in [2.05, 4.69) is 17.6 Å². The molecule has 2 aliphatic rings. The molecule has 17 heavy (non-hydrogen) atoms. The highest BCUT2D eigenvalue weighted by atomic mass is 35.5. The number of hydrogen-bond donors (Lipinski definition) is 2. The molecule has 0 unspecified atom stereocenters. The van der Waals surface area contributed by atoms with Crippen LogP contribution < -0.4 is 10.6 Å². The van der Waals surface area contributed by atoms with Crippen LogP contribution in [0.25, 0.3) is 0 Å². The SMILES string of the molecule is CCCCNC(=O)N1C[C@@H]2CCCN[C@@H]2C1.Cl. The lowest BCUT2D eigenvalue weighted by Crippen LogP contribution is -2.42. The molecule has 0 bridgehead atoms. The molecule has 0 radical (unpaired) electrons. The summed E-state index contributed by atoms with van der Waals surface area (Å²) in [6.45, 7) is 5.90. The van der Waals surface area contributed by atoms with Crippen molar-refractivity contribution in [1.29, 1.82) is 0 Å². The van der Waals surface area contributed by atoms with E-state index >= 15 is 0 Å². The highest BCUT2D eigenvalue weighted by Crippen LogP contribution is 2.24. The second-order valence-electron chi connectivity index (χ2n) is 4.95. The molecule has 5 heteroatoms. The second kappa shape index (κ2) is 7.07. The van der Waals surface area contributed by atoms with Crippen LogP contribution >= 0.6 is 12.4 Å². The third-order valence-corrected chi connectivity index (χ3v) is 3.69. The van der Waals surface area contributed by atoms with Gasteiger partial charge in [-0.25, -0.2) is 4.79 Å². The summed E-state index contributed by atoms with van der Waals surface area (Å²) in [4.78, 5) is 13.8. The summed E-state index contributed by atoms with van der Waals surface area (Å²) in [7, 11) is 0. The maximum Gasteiger partial charge on any atom is 0.317 e. The number of likely N-dealkylation sites (tertiary alicyclic amines) is 1. The number of hydrogen-bond acceptors (Lipinski definition) is 2. The number of piperidine rings is 1. The Morgan fingerprint density at radius 1 is 1.47 bits per heavy atom. The minimum absolute atomic E-state index is 0. The maximum absolute atomic E-state index is 11.9. The summed E-state index contributed by atoms with van der Waals surface area (Å²) >= 11 is 0. The predicted molar refractivity (Wildman–Crippen MR) is 71.6 cm³/mol. The van der Waals surface area contributed by atoms with Crippen molar-refractivity contribution in [3.63, 3.8) is 0 Å². The van der Waals surface area contributed by atoms with E-state index < -0.39 is 0 Å². The minimum Gasteiger partial charge on any atom is -0.338 e. The third-order valence-electron chi connectivity index (χ3n) is 3.69. The van der Waals surface area contributed by atoms with Gasteiger partial charge in [-0.15, -0.1) is 12.4 Å². The fourth-order valence-electron chi connectivity index (χ4n) is 2.70. The first kappa shape index (κ1) is 14.6. The van der Waals surface area contributed by atoms with Crippen molar-refractivity contribution >= 4 is 18.4 Å². The molecule has 4 nitrogen and oxygen atoms in total. The van der Waals surface area contributed by atoms with Crippen LogP contribution in [0, 0.1) is 5.92 Å². The van der Waals surface area contributed by atoms with Gasteiger partial charge in [-0.05, 0) is 31.7 Å². The Morgan fingerprint density at radius 3 is 3.00 bits per heavy atom. The zero-order valence-corrected chi connectivity index (χ0v) is 11.4. The van der Waals surface area contributed by atoms with Crippen LogP contribution in [0.15, 0.2) is 0 Å². The molecular weight excluding hydrogens is 238 g/mol. The van der Waals surface area contributed by atoms with Crippen LogP contribution in [0.2, 0.25) is 0 Å². The summed E-state index contributed by atoms with van der Waals surface area (Å²) in [6.07, 6.45) is 4.74. The van der Waals surface area contributed by atoms with Gasteiger partial charge in [0.25, 0.3) is 0 Å². The molecule has 2 N–H and O–H groups in total. The third kappa shape index (κ3) is 3.75. The first-order valence-corrected chi connectivity index (χ1v) is 6.57. The summed E-state index contributed by atoms with van der Waals surface area (Å²) < 4.78 is 0. The van der Waals surface area contributed by atoms with E-state index in [-0.39, 0.29) is 18.4 Å². The molecule has 0 aliphatic carbocycles. The number of halogens is 1. The van der Waals surface area contributed by atoms with Crippen LogP contribution in [0.3, 0.4) is 0 Å². The number of fused-ring (bicyclic) bond motifs is 1. The molecule has 2 aliphatic heterocycles. The average Bonchev–Trinajstić information content (AvgIpc) is 2.73. The van der Waals surface area contributed by atoms with E-state index in [0.29, 0.717) is 12.0 Å². The fourth-order valence-corrected chi connectivity index (χ4v) is 2.70. The molecule has 2 saturated heterocycles. The lowest BCUT2D eigenvalue weighted by atomic mass is 9.94. The lowest BCUT2D eigenvalue weighted by molar-refractivity contribution is 0.206. The van der Waals surface area contributed by atoms with Crippen molar-refractivity contribution < 1.29 is 4.79 Å². The van der Waals surface area contributed by atoms with Gasteiger partial charge in [0.2, 0.25) is 0 Å². The quantitative estimate of drug-likeness (QED) is 0.758. The van der Waals surface area contributed by atoms with Crippen LogP contribution in [-0.2, 0) is 0 Å². The molecule has 2 rings (SSSR count). The summed E-state index contributed by atoms with van der Waals surface area (Å²) in [5.41, 5.74) is 0. The van der Waals surface area contributed by atoms with Crippen LogP contribution in [-0.4, -0.2) is 43.2 Å². The Balaban J connectivity index is 0.00000144. The van der Waals surface area contributed by atoms with Crippen LogP contribution in [0.1, 0.15) is 32.6 Å². The highest BCUT2D eigenvalue weighted by Gasteiger charge is 2.36. The number of carbonyl (C=O) groups is 1. The van der Waals surface area contributed by atoms with Gasteiger partial charge < -0.3 is 15.5 Å². The van der Waals surface area contributed by atoms with E-state index in [1.807, 2.05) is 4.90 Å². The smallest absolute Gasteiger partial charge is 0.317 e. The van der Waals surface area contributed by atoms with Crippen LogP contribution in [0.5, 0.6) is 0 Å². The fraction of sp³-hybridized carbons (Fsp3) is 0.917. The highest BCUT2D eigenvalue weighted by molar-refractivity contribution is 5.85. The topological polar surface area (TPSA) is 44.4 Å². The summed E-state index contributed by atoms with van der Waals surface area (Å²) in [5, 5.41) is 6.51. The molecule has 0 aromatic rings. The molecule has 2 amide bonds.